The van der Waals surface area contributed by atoms with E-state index in [1.165, 1.54) is 31.2 Å². The van der Waals surface area contributed by atoms with Crippen LogP contribution in [0.3, 0.4) is 0 Å². The summed E-state index contributed by atoms with van der Waals surface area (Å²) in [7, 11) is -3.94. The number of sulfonamides is 1. The molecule has 0 heterocycles. The zero-order valence-electron chi connectivity index (χ0n) is 16.3. The first-order valence-corrected chi connectivity index (χ1v) is 11.3. The molecular formula is C21H18Cl2N2O5S. The molecule has 0 radical (unpaired) electrons. The van der Waals surface area contributed by atoms with Gasteiger partial charge in [0.15, 0.2) is 6.10 Å². The lowest BCUT2D eigenvalue weighted by Crippen LogP contribution is -2.35. The van der Waals surface area contributed by atoms with Crippen LogP contribution >= 0.6 is 23.2 Å². The molecule has 2 N–H and O–H groups in total. The van der Waals surface area contributed by atoms with Gasteiger partial charge in [0.1, 0.15) is 6.54 Å². The number of carbonyl (C=O) groups is 2. The maximum atomic E-state index is 12.5. The number of rotatable bonds is 7. The Morgan fingerprint density at radius 1 is 1.00 bits per heavy atom. The second kappa shape index (κ2) is 9.65. The van der Waals surface area contributed by atoms with Crippen LogP contribution in [0.1, 0.15) is 6.92 Å². The van der Waals surface area contributed by atoms with E-state index in [4.69, 9.17) is 27.9 Å². The summed E-state index contributed by atoms with van der Waals surface area (Å²) >= 11 is 11.8. The number of halogens is 2. The van der Waals surface area contributed by atoms with E-state index in [9.17, 15) is 18.0 Å². The Morgan fingerprint density at radius 3 is 2.42 bits per heavy atom. The number of esters is 1. The van der Waals surface area contributed by atoms with Gasteiger partial charge in [-0.2, -0.15) is 4.72 Å². The highest BCUT2D eigenvalue weighted by molar-refractivity contribution is 7.89. The Labute approximate surface area is 189 Å². The molecule has 0 aliphatic carbocycles. The molecule has 0 aliphatic rings. The molecule has 0 bridgehead atoms. The van der Waals surface area contributed by atoms with E-state index in [0.29, 0.717) is 10.7 Å². The molecule has 31 heavy (non-hydrogen) atoms. The zero-order chi connectivity index (χ0) is 22.6. The molecule has 1 atom stereocenters. The molecule has 0 saturated heterocycles. The lowest BCUT2D eigenvalue weighted by Gasteiger charge is -2.15. The molecule has 0 fully saturated rings. The molecule has 0 spiro atoms. The smallest absolute Gasteiger partial charge is 0.321 e. The fourth-order valence-corrected chi connectivity index (χ4v) is 4.15. The normalized spacial score (nSPS) is 12.4. The Morgan fingerprint density at radius 2 is 1.71 bits per heavy atom. The number of nitrogens with one attached hydrogen (secondary N) is 2. The summed E-state index contributed by atoms with van der Waals surface area (Å²) in [4.78, 5) is 24.3. The van der Waals surface area contributed by atoms with E-state index >= 15 is 0 Å². The van der Waals surface area contributed by atoms with Crippen LogP contribution in [0.15, 0.2) is 65.6 Å². The van der Waals surface area contributed by atoms with Crippen molar-refractivity contribution in [1.82, 2.24) is 4.72 Å². The number of benzene rings is 3. The molecule has 0 saturated carbocycles. The Kier molecular flexibility index (Phi) is 7.17. The van der Waals surface area contributed by atoms with E-state index in [0.717, 1.165) is 10.8 Å². The maximum absolute atomic E-state index is 12.5. The third-order valence-corrected chi connectivity index (χ3v) is 6.25. The number of hydrogen-bond acceptors (Lipinski definition) is 5. The largest absolute Gasteiger partial charge is 0.452 e. The van der Waals surface area contributed by atoms with Crippen molar-refractivity contribution in [2.45, 2.75) is 17.9 Å². The van der Waals surface area contributed by atoms with E-state index in [1.54, 1.807) is 24.3 Å². The van der Waals surface area contributed by atoms with Crippen molar-refractivity contribution in [3.05, 3.63) is 70.7 Å². The summed E-state index contributed by atoms with van der Waals surface area (Å²) in [5.41, 5.74) is 0.302. The van der Waals surface area contributed by atoms with E-state index < -0.39 is 34.5 Å². The van der Waals surface area contributed by atoms with Gasteiger partial charge in [-0.1, -0.05) is 53.5 Å². The van der Waals surface area contributed by atoms with E-state index in [2.05, 4.69) is 10.0 Å². The number of fused-ring (bicyclic) bond motifs is 1. The van der Waals surface area contributed by atoms with Gasteiger partial charge in [0, 0.05) is 5.02 Å². The molecule has 3 aromatic carbocycles. The van der Waals surface area contributed by atoms with Crippen LogP contribution < -0.4 is 10.0 Å². The summed E-state index contributed by atoms with van der Waals surface area (Å²) in [5.74, 6) is -1.54. The van der Waals surface area contributed by atoms with Crippen molar-refractivity contribution in [3.63, 3.8) is 0 Å². The van der Waals surface area contributed by atoms with Crippen LogP contribution in [-0.4, -0.2) is 32.9 Å². The number of anilines is 1. The first kappa shape index (κ1) is 23.0. The van der Waals surface area contributed by atoms with Gasteiger partial charge < -0.3 is 10.1 Å². The zero-order valence-corrected chi connectivity index (χ0v) is 18.6. The highest BCUT2D eigenvalue weighted by Gasteiger charge is 2.21. The van der Waals surface area contributed by atoms with Gasteiger partial charge in [-0.15, -0.1) is 0 Å². The van der Waals surface area contributed by atoms with Gasteiger partial charge in [-0.05, 0) is 48.0 Å². The molecule has 1 unspecified atom stereocenters. The fraction of sp³-hybridized carbons (Fsp3) is 0.143. The lowest BCUT2D eigenvalue weighted by molar-refractivity contribution is -0.151. The minimum Gasteiger partial charge on any atom is -0.452 e. The average molecular weight is 481 g/mol. The number of ether oxygens (including phenoxy) is 1. The molecule has 3 rings (SSSR count). The van der Waals surface area contributed by atoms with Crippen LogP contribution in [0.2, 0.25) is 10.0 Å². The molecule has 1 amide bonds. The van der Waals surface area contributed by atoms with Gasteiger partial charge in [-0.25, -0.2) is 8.42 Å². The van der Waals surface area contributed by atoms with Crippen LogP contribution in [-0.2, 0) is 24.3 Å². The third-order valence-electron chi connectivity index (χ3n) is 4.30. The van der Waals surface area contributed by atoms with Crippen LogP contribution in [0.4, 0.5) is 5.69 Å². The number of carbonyl (C=O) groups excluding carboxylic acids is 2. The van der Waals surface area contributed by atoms with Gasteiger partial charge in [0.25, 0.3) is 5.91 Å². The predicted molar refractivity (Wildman–Crippen MR) is 120 cm³/mol. The Balaban J connectivity index is 1.57. The SMILES string of the molecule is CC(OC(=O)CNS(=O)(=O)c1ccc2ccccc2c1)C(=O)Nc1ccc(Cl)cc1Cl. The van der Waals surface area contributed by atoms with Crippen molar-refractivity contribution in [2.24, 2.45) is 0 Å². The molecule has 0 aromatic heterocycles. The molecule has 162 valence electrons. The van der Waals surface area contributed by atoms with E-state index in [-0.39, 0.29) is 9.92 Å². The number of amides is 1. The van der Waals surface area contributed by atoms with Crippen molar-refractivity contribution >= 4 is 61.6 Å². The molecule has 7 nitrogen and oxygen atoms in total. The molecule has 0 aliphatic heterocycles. The monoisotopic (exact) mass is 480 g/mol. The van der Waals surface area contributed by atoms with Gasteiger partial charge in [0.2, 0.25) is 10.0 Å². The minimum absolute atomic E-state index is 0.0159. The Hall–Kier alpha value is -2.65. The van der Waals surface area contributed by atoms with Crippen LogP contribution in [0, 0.1) is 0 Å². The summed E-state index contributed by atoms with van der Waals surface area (Å²) in [6, 6.07) is 16.4. The summed E-state index contributed by atoms with van der Waals surface area (Å²) in [6.07, 6.45) is -1.18. The van der Waals surface area contributed by atoms with Crippen molar-refractivity contribution < 1.29 is 22.7 Å². The van der Waals surface area contributed by atoms with Gasteiger partial charge in [-0.3, -0.25) is 9.59 Å². The first-order valence-electron chi connectivity index (χ1n) is 9.09. The standard InChI is InChI=1S/C21H18Cl2N2O5S/c1-13(21(27)25-19-9-7-16(22)11-18(19)23)30-20(26)12-24-31(28,29)17-8-6-14-4-2-3-5-15(14)10-17/h2-11,13,24H,12H2,1H3,(H,25,27). The average Bonchev–Trinajstić information content (AvgIpc) is 2.74. The highest BCUT2D eigenvalue weighted by Crippen LogP contribution is 2.25. The second-order valence-corrected chi connectivity index (χ2v) is 9.19. The van der Waals surface area contributed by atoms with Gasteiger partial charge in [0.05, 0.1) is 15.6 Å². The molecule has 10 heteroatoms. The lowest BCUT2D eigenvalue weighted by atomic mass is 10.1. The van der Waals surface area contributed by atoms with E-state index in [1.807, 2.05) is 12.1 Å². The van der Waals surface area contributed by atoms with Crippen molar-refractivity contribution in [2.75, 3.05) is 11.9 Å². The molecular weight excluding hydrogens is 463 g/mol. The van der Waals surface area contributed by atoms with Crippen LogP contribution in [0.5, 0.6) is 0 Å². The quantitative estimate of drug-likeness (QED) is 0.497. The fourth-order valence-electron chi connectivity index (χ4n) is 2.69. The highest BCUT2D eigenvalue weighted by atomic mass is 35.5. The van der Waals surface area contributed by atoms with Crippen molar-refractivity contribution in [3.8, 4) is 0 Å². The van der Waals surface area contributed by atoms with Crippen LogP contribution in [0.25, 0.3) is 10.8 Å². The minimum atomic E-state index is -3.94. The first-order chi connectivity index (χ1) is 14.7. The molecule has 3 aromatic rings. The Bertz CT molecular complexity index is 1250. The van der Waals surface area contributed by atoms with Crippen molar-refractivity contribution in [1.29, 1.82) is 0 Å². The summed E-state index contributed by atoms with van der Waals surface area (Å²) in [5, 5.41) is 4.78. The summed E-state index contributed by atoms with van der Waals surface area (Å²) in [6.45, 7) is 0.726. The predicted octanol–water partition coefficient (Wildman–Crippen LogP) is 4.00. The second-order valence-electron chi connectivity index (χ2n) is 6.58. The van der Waals surface area contributed by atoms with Gasteiger partial charge >= 0.3 is 5.97 Å². The third kappa shape index (κ3) is 5.95. The topological polar surface area (TPSA) is 102 Å². The maximum Gasteiger partial charge on any atom is 0.321 e. The number of hydrogen-bond donors (Lipinski definition) is 2. The summed E-state index contributed by atoms with van der Waals surface area (Å²) < 4.78 is 32.1.